The number of aryl methyl sites for hydroxylation is 2. The van der Waals surface area contributed by atoms with Crippen LogP contribution in [0.15, 0.2) is 53.4 Å². The van der Waals surface area contributed by atoms with Crippen LogP contribution >= 0.6 is 23.2 Å². The van der Waals surface area contributed by atoms with E-state index in [4.69, 9.17) is 27.4 Å². The van der Waals surface area contributed by atoms with Gasteiger partial charge in [-0.2, -0.15) is 8.42 Å². The molecule has 0 bridgehead atoms. The van der Waals surface area contributed by atoms with Crippen LogP contribution < -0.4 is 4.18 Å². The van der Waals surface area contributed by atoms with Gasteiger partial charge in [0.15, 0.2) is 5.75 Å². The summed E-state index contributed by atoms with van der Waals surface area (Å²) in [6.07, 6.45) is 1.86. The molecule has 0 atom stereocenters. The van der Waals surface area contributed by atoms with Crippen LogP contribution in [0.2, 0.25) is 10.0 Å². The van der Waals surface area contributed by atoms with Gasteiger partial charge in [-0.1, -0.05) is 47.5 Å². The van der Waals surface area contributed by atoms with Gasteiger partial charge in [-0.3, -0.25) is 0 Å². The first-order valence-electron chi connectivity index (χ1n) is 7.39. The van der Waals surface area contributed by atoms with Crippen molar-refractivity contribution in [1.29, 1.82) is 0 Å². The Morgan fingerprint density at radius 3 is 2.46 bits per heavy atom. The van der Waals surface area contributed by atoms with Crippen molar-refractivity contribution in [2.24, 2.45) is 0 Å². The van der Waals surface area contributed by atoms with Crippen LogP contribution in [0.5, 0.6) is 5.75 Å². The Hall–Kier alpha value is -1.75. The second-order valence-corrected chi connectivity index (χ2v) is 8.03. The molecule has 0 aliphatic heterocycles. The van der Waals surface area contributed by atoms with E-state index >= 15 is 0 Å². The SMILES string of the molecule is O=S(=O)(Oc1cc(Cl)ccc1Cl)c1ccc2c3c(cccc13)CC2. The topological polar surface area (TPSA) is 43.4 Å². The van der Waals surface area contributed by atoms with Gasteiger partial charge in [0, 0.05) is 16.5 Å². The van der Waals surface area contributed by atoms with Crippen LogP contribution in [-0.2, 0) is 23.0 Å². The van der Waals surface area contributed by atoms with Gasteiger partial charge in [0.1, 0.15) is 4.90 Å². The predicted molar refractivity (Wildman–Crippen MR) is 95.6 cm³/mol. The zero-order chi connectivity index (χ0) is 16.9. The van der Waals surface area contributed by atoms with E-state index in [2.05, 4.69) is 0 Å². The Bertz CT molecular complexity index is 1060. The lowest BCUT2D eigenvalue weighted by atomic mass is 10.1. The van der Waals surface area contributed by atoms with Gasteiger partial charge in [-0.05, 0) is 47.6 Å². The fraction of sp³-hybridized carbons (Fsp3) is 0.111. The second kappa shape index (κ2) is 5.66. The van der Waals surface area contributed by atoms with Gasteiger partial charge in [-0.15, -0.1) is 0 Å². The summed E-state index contributed by atoms with van der Waals surface area (Å²) in [5.74, 6) is 0.0208. The van der Waals surface area contributed by atoms with E-state index in [0.29, 0.717) is 10.4 Å². The maximum atomic E-state index is 12.8. The van der Waals surface area contributed by atoms with Crippen molar-refractivity contribution < 1.29 is 12.6 Å². The molecule has 0 saturated carbocycles. The maximum absolute atomic E-state index is 12.8. The molecular weight excluding hydrogens is 367 g/mol. The van der Waals surface area contributed by atoms with Gasteiger partial charge in [0.05, 0.1) is 5.02 Å². The molecule has 0 fully saturated rings. The van der Waals surface area contributed by atoms with Crippen LogP contribution in [0.1, 0.15) is 11.1 Å². The lowest BCUT2D eigenvalue weighted by Gasteiger charge is -2.12. The van der Waals surface area contributed by atoms with Crippen molar-refractivity contribution in [3.8, 4) is 5.75 Å². The lowest BCUT2D eigenvalue weighted by Crippen LogP contribution is -2.11. The molecule has 1 aliphatic rings. The van der Waals surface area contributed by atoms with Crippen molar-refractivity contribution in [2.45, 2.75) is 17.7 Å². The van der Waals surface area contributed by atoms with Gasteiger partial charge in [-0.25, -0.2) is 0 Å². The van der Waals surface area contributed by atoms with E-state index in [1.165, 1.54) is 23.3 Å². The van der Waals surface area contributed by atoms with Gasteiger partial charge < -0.3 is 4.18 Å². The summed E-state index contributed by atoms with van der Waals surface area (Å²) in [5.41, 5.74) is 2.33. The van der Waals surface area contributed by atoms with Crippen molar-refractivity contribution in [2.75, 3.05) is 0 Å². The number of rotatable bonds is 3. The summed E-state index contributed by atoms with van der Waals surface area (Å²) in [6.45, 7) is 0. The molecule has 0 N–H and O–H groups in total. The zero-order valence-electron chi connectivity index (χ0n) is 12.4. The summed E-state index contributed by atoms with van der Waals surface area (Å²) < 4.78 is 30.9. The molecule has 0 unspecified atom stereocenters. The minimum atomic E-state index is -4.03. The molecule has 4 rings (SSSR count). The molecule has 0 radical (unpaired) electrons. The van der Waals surface area contributed by atoms with Crippen LogP contribution in [0, 0.1) is 0 Å². The molecule has 0 amide bonds. The molecule has 6 heteroatoms. The van der Waals surface area contributed by atoms with E-state index < -0.39 is 10.1 Å². The molecule has 3 nitrogen and oxygen atoms in total. The molecule has 3 aromatic carbocycles. The van der Waals surface area contributed by atoms with Crippen molar-refractivity contribution >= 4 is 44.1 Å². The highest BCUT2D eigenvalue weighted by molar-refractivity contribution is 7.87. The average molecular weight is 379 g/mol. The Morgan fingerprint density at radius 2 is 1.67 bits per heavy atom. The summed E-state index contributed by atoms with van der Waals surface area (Å²) in [6, 6.07) is 13.6. The van der Waals surface area contributed by atoms with Crippen LogP contribution in [0.4, 0.5) is 0 Å². The molecule has 0 heterocycles. The first-order chi connectivity index (χ1) is 11.5. The summed E-state index contributed by atoms with van der Waals surface area (Å²) in [7, 11) is -4.03. The summed E-state index contributed by atoms with van der Waals surface area (Å²) >= 11 is 11.9. The van der Waals surface area contributed by atoms with E-state index in [1.807, 2.05) is 24.3 Å². The average Bonchev–Trinajstić information content (AvgIpc) is 2.96. The highest BCUT2D eigenvalue weighted by Crippen LogP contribution is 2.36. The largest absolute Gasteiger partial charge is 0.377 e. The molecule has 0 aromatic heterocycles. The molecule has 24 heavy (non-hydrogen) atoms. The second-order valence-electron chi connectivity index (χ2n) is 5.67. The standard InChI is InChI=1S/C18H12Cl2O3S/c19-13-7-8-15(20)16(10-13)23-24(21,22)17-9-6-12-5-4-11-2-1-3-14(17)18(11)12/h1-3,6-10H,4-5H2. The lowest BCUT2D eigenvalue weighted by molar-refractivity contribution is 0.487. The number of hydrogen-bond donors (Lipinski definition) is 0. The van der Waals surface area contributed by atoms with Gasteiger partial charge in [0.25, 0.3) is 0 Å². The first kappa shape index (κ1) is 15.8. The van der Waals surface area contributed by atoms with Crippen molar-refractivity contribution in [3.05, 3.63) is 69.7 Å². The quantitative estimate of drug-likeness (QED) is 0.601. The highest BCUT2D eigenvalue weighted by atomic mass is 35.5. The molecule has 1 aliphatic carbocycles. The summed E-state index contributed by atoms with van der Waals surface area (Å²) in [4.78, 5) is 0.140. The highest BCUT2D eigenvalue weighted by Gasteiger charge is 2.24. The smallest absolute Gasteiger partial charge is 0.339 e. The third-order valence-corrected chi connectivity index (χ3v) is 6.04. The first-order valence-corrected chi connectivity index (χ1v) is 9.55. The van der Waals surface area contributed by atoms with Gasteiger partial charge in [0.2, 0.25) is 0 Å². The number of benzene rings is 3. The Labute approximate surface area is 149 Å². The van der Waals surface area contributed by atoms with E-state index in [-0.39, 0.29) is 15.7 Å². The fourth-order valence-electron chi connectivity index (χ4n) is 3.14. The molecular formula is C18H12Cl2O3S. The van der Waals surface area contributed by atoms with E-state index in [0.717, 1.165) is 18.2 Å². The fourth-order valence-corrected chi connectivity index (χ4v) is 4.64. The molecule has 122 valence electrons. The maximum Gasteiger partial charge on any atom is 0.339 e. The Morgan fingerprint density at radius 1 is 0.917 bits per heavy atom. The predicted octanol–water partition coefficient (Wildman–Crippen LogP) is 5.01. The Kier molecular flexibility index (Phi) is 3.71. The third kappa shape index (κ3) is 2.55. The molecule has 0 saturated heterocycles. The monoisotopic (exact) mass is 378 g/mol. The zero-order valence-corrected chi connectivity index (χ0v) is 14.8. The van der Waals surface area contributed by atoms with Gasteiger partial charge >= 0.3 is 10.1 Å². The van der Waals surface area contributed by atoms with Crippen molar-refractivity contribution in [1.82, 2.24) is 0 Å². The van der Waals surface area contributed by atoms with E-state index in [9.17, 15) is 8.42 Å². The van der Waals surface area contributed by atoms with Crippen LogP contribution in [-0.4, -0.2) is 8.42 Å². The number of hydrogen-bond acceptors (Lipinski definition) is 3. The minimum absolute atomic E-state index is 0.0208. The van der Waals surface area contributed by atoms with Crippen molar-refractivity contribution in [3.63, 3.8) is 0 Å². The Balaban J connectivity index is 1.87. The number of halogens is 2. The summed E-state index contributed by atoms with van der Waals surface area (Å²) in [5, 5.41) is 2.24. The van der Waals surface area contributed by atoms with Crippen LogP contribution in [0.25, 0.3) is 10.8 Å². The normalized spacial score (nSPS) is 13.4. The van der Waals surface area contributed by atoms with E-state index in [1.54, 1.807) is 12.1 Å². The molecule has 0 spiro atoms. The van der Waals surface area contributed by atoms with Crippen LogP contribution in [0.3, 0.4) is 0 Å². The molecule has 3 aromatic rings. The minimum Gasteiger partial charge on any atom is -0.377 e. The third-order valence-electron chi connectivity index (χ3n) is 4.20.